The van der Waals surface area contributed by atoms with Crippen LogP contribution >= 0.6 is 0 Å². The first-order valence-corrected chi connectivity index (χ1v) is 9.39. The quantitative estimate of drug-likeness (QED) is 0.832. The topological polar surface area (TPSA) is 54.3 Å². The third-order valence-electron chi connectivity index (χ3n) is 5.20. The van der Waals surface area contributed by atoms with E-state index >= 15 is 0 Å². The van der Waals surface area contributed by atoms with Gasteiger partial charge in [0.25, 0.3) is 0 Å². The summed E-state index contributed by atoms with van der Waals surface area (Å²) in [5.41, 5.74) is 4.45. The van der Waals surface area contributed by atoms with Gasteiger partial charge in [-0.2, -0.15) is 0 Å². The molecule has 6 nitrogen and oxygen atoms in total. The van der Waals surface area contributed by atoms with Crippen LogP contribution < -0.4 is 4.90 Å². The maximum absolute atomic E-state index is 13.0. The highest BCUT2D eigenvalue weighted by atomic mass is 16.2. The summed E-state index contributed by atoms with van der Waals surface area (Å²) in [6.45, 7) is 6.43. The van der Waals surface area contributed by atoms with Crippen LogP contribution in [0.15, 0.2) is 36.5 Å². The molecule has 0 bridgehead atoms. The van der Waals surface area contributed by atoms with Gasteiger partial charge in [-0.05, 0) is 50.3 Å². The van der Waals surface area contributed by atoms with E-state index in [9.17, 15) is 4.79 Å². The molecular formula is C20H25N5O. The summed E-state index contributed by atoms with van der Waals surface area (Å²) in [6, 6.07) is 8.63. The van der Waals surface area contributed by atoms with Gasteiger partial charge in [0.05, 0.1) is 6.20 Å². The Hall–Kier alpha value is -2.63. The van der Waals surface area contributed by atoms with Gasteiger partial charge in [-0.3, -0.25) is 4.90 Å². The summed E-state index contributed by atoms with van der Waals surface area (Å²) in [5.74, 6) is 0. The van der Waals surface area contributed by atoms with Crippen molar-refractivity contribution in [1.29, 1.82) is 0 Å². The van der Waals surface area contributed by atoms with Crippen molar-refractivity contribution in [2.24, 2.45) is 0 Å². The second-order valence-electron chi connectivity index (χ2n) is 7.25. The van der Waals surface area contributed by atoms with Crippen LogP contribution in [0.3, 0.4) is 0 Å². The Morgan fingerprint density at radius 3 is 2.77 bits per heavy atom. The first-order chi connectivity index (χ1) is 12.6. The lowest BCUT2D eigenvalue weighted by molar-refractivity contribution is 0.208. The number of benzene rings is 1. The number of hydrogen-bond acceptors (Lipinski definition) is 3. The first kappa shape index (κ1) is 16.8. The Morgan fingerprint density at radius 2 is 1.96 bits per heavy atom. The number of urea groups is 1. The van der Waals surface area contributed by atoms with E-state index in [0.29, 0.717) is 6.04 Å². The minimum absolute atomic E-state index is 0.121. The molecule has 2 amide bonds. The highest BCUT2D eigenvalue weighted by Crippen LogP contribution is 2.29. The predicted molar refractivity (Wildman–Crippen MR) is 102 cm³/mol. The second kappa shape index (κ2) is 6.94. The summed E-state index contributed by atoms with van der Waals surface area (Å²) in [7, 11) is 0. The second-order valence-corrected chi connectivity index (χ2v) is 7.25. The summed E-state index contributed by atoms with van der Waals surface area (Å²) < 4.78 is 1.88. The molecular weight excluding hydrogens is 326 g/mol. The van der Waals surface area contributed by atoms with Gasteiger partial charge in [0.1, 0.15) is 5.69 Å². The summed E-state index contributed by atoms with van der Waals surface area (Å²) >= 11 is 0. The molecule has 2 aliphatic heterocycles. The van der Waals surface area contributed by atoms with Crippen molar-refractivity contribution in [3.63, 3.8) is 0 Å². The third kappa shape index (κ3) is 3.11. The number of carbonyl (C=O) groups excluding carboxylic acids is 1. The number of anilines is 1. The summed E-state index contributed by atoms with van der Waals surface area (Å²) in [6.07, 6.45) is 6.82. The molecule has 26 heavy (non-hydrogen) atoms. The highest BCUT2D eigenvalue weighted by Gasteiger charge is 2.28. The molecule has 2 aliphatic rings. The number of rotatable bonds is 2. The van der Waals surface area contributed by atoms with Crippen LogP contribution in [0.5, 0.6) is 0 Å². The van der Waals surface area contributed by atoms with Gasteiger partial charge in [0.15, 0.2) is 0 Å². The predicted octanol–water partition coefficient (Wildman–Crippen LogP) is 3.52. The Kier molecular flexibility index (Phi) is 4.49. The van der Waals surface area contributed by atoms with Crippen LogP contribution in [-0.2, 0) is 6.42 Å². The molecule has 6 heteroatoms. The van der Waals surface area contributed by atoms with E-state index in [2.05, 4.69) is 36.3 Å². The normalized spacial score (nSPS) is 17.3. The van der Waals surface area contributed by atoms with Crippen LogP contribution in [0.4, 0.5) is 10.5 Å². The standard InChI is InChI=1S/C20H25N5O/c1-15(2)25-14-18(21-22-25)16-7-5-11-23(12-9-16)20(26)24-13-10-17-6-3-4-8-19(17)24/h3-4,6-8,14-15H,5,9-13H2,1-2H3. The number of hydrogen-bond donors (Lipinski definition) is 0. The molecule has 0 unspecified atom stereocenters. The van der Waals surface area contributed by atoms with Crippen molar-refractivity contribution in [2.45, 2.75) is 39.2 Å². The number of fused-ring (bicyclic) bond motifs is 1. The molecule has 0 spiro atoms. The maximum atomic E-state index is 13.0. The number of para-hydroxylation sites is 1. The molecule has 4 rings (SSSR count). The minimum atomic E-state index is 0.121. The van der Waals surface area contributed by atoms with Gasteiger partial charge in [-0.15, -0.1) is 5.10 Å². The zero-order valence-corrected chi connectivity index (χ0v) is 15.4. The Balaban J connectivity index is 1.44. The maximum Gasteiger partial charge on any atom is 0.324 e. The molecule has 0 saturated heterocycles. The minimum Gasteiger partial charge on any atom is -0.324 e. The fourth-order valence-electron chi connectivity index (χ4n) is 3.67. The first-order valence-electron chi connectivity index (χ1n) is 9.39. The number of nitrogens with zero attached hydrogens (tertiary/aromatic N) is 5. The van der Waals surface area contributed by atoms with Crippen LogP contribution in [0.2, 0.25) is 0 Å². The van der Waals surface area contributed by atoms with Crippen LogP contribution in [0.1, 0.15) is 44.0 Å². The van der Waals surface area contributed by atoms with Crippen molar-refractivity contribution >= 4 is 17.3 Å². The fourth-order valence-corrected chi connectivity index (χ4v) is 3.67. The smallest absolute Gasteiger partial charge is 0.324 e. The molecule has 1 aromatic carbocycles. The van der Waals surface area contributed by atoms with Gasteiger partial charge in [-0.25, -0.2) is 9.48 Å². The Labute approximate surface area is 154 Å². The van der Waals surface area contributed by atoms with Gasteiger partial charge in [0.2, 0.25) is 0 Å². The van der Waals surface area contributed by atoms with Gasteiger partial charge < -0.3 is 4.90 Å². The molecule has 2 aromatic rings. The van der Waals surface area contributed by atoms with Crippen LogP contribution in [0, 0.1) is 0 Å². The molecule has 136 valence electrons. The van der Waals surface area contributed by atoms with E-state index in [-0.39, 0.29) is 6.03 Å². The van der Waals surface area contributed by atoms with Crippen LogP contribution in [0.25, 0.3) is 5.57 Å². The average molecular weight is 351 g/mol. The van der Waals surface area contributed by atoms with E-state index in [1.165, 1.54) is 11.1 Å². The lowest BCUT2D eigenvalue weighted by Crippen LogP contribution is -2.43. The molecule has 0 aliphatic carbocycles. The molecule has 0 fully saturated rings. The fraction of sp³-hybridized carbons (Fsp3) is 0.450. The monoisotopic (exact) mass is 351 g/mol. The van der Waals surface area contributed by atoms with E-state index in [1.807, 2.05) is 38.9 Å². The number of carbonyl (C=O) groups is 1. The molecule has 0 N–H and O–H groups in total. The van der Waals surface area contributed by atoms with Crippen molar-refractivity contribution < 1.29 is 4.79 Å². The molecule has 0 saturated carbocycles. The summed E-state index contributed by atoms with van der Waals surface area (Å²) in [5, 5.41) is 8.51. The zero-order chi connectivity index (χ0) is 18.1. The average Bonchev–Trinajstić information content (AvgIpc) is 3.23. The lowest BCUT2D eigenvalue weighted by Gasteiger charge is -2.27. The van der Waals surface area contributed by atoms with Gasteiger partial charge in [0, 0.05) is 31.4 Å². The third-order valence-corrected chi connectivity index (χ3v) is 5.20. The lowest BCUT2D eigenvalue weighted by atomic mass is 10.1. The van der Waals surface area contributed by atoms with Gasteiger partial charge in [-0.1, -0.05) is 29.5 Å². The highest BCUT2D eigenvalue weighted by molar-refractivity contribution is 5.94. The number of aromatic nitrogens is 3. The van der Waals surface area contributed by atoms with Crippen molar-refractivity contribution in [2.75, 3.05) is 24.5 Å². The van der Waals surface area contributed by atoms with Crippen molar-refractivity contribution in [3.05, 3.63) is 47.8 Å². The van der Waals surface area contributed by atoms with E-state index in [0.717, 1.165) is 50.3 Å². The van der Waals surface area contributed by atoms with E-state index in [1.54, 1.807) is 0 Å². The van der Waals surface area contributed by atoms with E-state index in [4.69, 9.17) is 0 Å². The molecule has 0 atom stereocenters. The zero-order valence-electron chi connectivity index (χ0n) is 15.4. The SMILES string of the molecule is CC(C)n1cc(C2=CCCN(C(=O)N3CCc4ccccc43)CC2)nn1. The summed E-state index contributed by atoms with van der Waals surface area (Å²) in [4.78, 5) is 16.9. The Bertz CT molecular complexity index is 838. The number of amides is 2. The molecule has 3 heterocycles. The molecule has 0 radical (unpaired) electrons. The molecule has 1 aromatic heterocycles. The van der Waals surface area contributed by atoms with Gasteiger partial charge >= 0.3 is 6.03 Å². The van der Waals surface area contributed by atoms with Crippen molar-refractivity contribution in [3.8, 4) is 0 Å². The van der Waals surface area contributed by atoms with Crippen LogP contribution in [-0.4, -0.2) is 45.6 Å². The van der Waals surface area contributed by atoms with Crippen molar-refractivity contribution in [1.82, 2.24) is 19.9 Å². The Morgan fingerprint density at radius 1 is 1.12 bits per heavy atom. The largest absolute Gasteiger partial charge is 0.324 e. The van der Waals surface area contributed by atoms with E-state index < -0.39 is 0 Å².